The Kier molecular flexibility index (Phi) is 273. The second-order valence-electron chi connectivity index (χ2n) is 14.1. The molecule has 6 aliphatic rings. The van der Waals surface area contributed by atoms with E-state index >= 15 is 0 Å². The molecule has 0 aromatic heterocycles. The molecule has 3 radical (unpaired) electrons. The molecule has 0 aliphatic heterocycles. The number of rotatable bonds is 2. The molecule has 0 aromatic carbocycles. The molecule has 0 spiro atoms. The summed E-state index contributed by atoms with van der Waals surface area (Å²) in [7, 11) is 0. The van der Waals surface area contributed by atoms with E-state index in [1.54, 1.807) is 0 Å². The van der Waals surface area contributed by atoms with Gasteiger partial charge in [-0.1, -0.05) is 220 Å². The van der Waals surface area contributed by atoms with Crippen LogP contribution >= 0.6 is 61.2 Å². The third kappa shape index (κ3) is 169. The van der Waals surface area contributed by atoms with Crippen LogP contribution in [-0.4, -0.2) is 0 Å². The molecule has 0 heterocycles. The second-order valence-corrected chi connectivity index (χ2v) is 30.4. The molecule has 6 saturated carbocycles. The van der Waals surface area contributed by atoms with Gasteiger partial charge < -0.3 is 67.3 Å². The van der Waals surface area contributed by atoms with Gasteiger partial charge >= 0.3 is 129 Å². The Balaban J connectivity index is -0.0000000190. The zero-order valence-corrected chi connectivity index (χ0v) is 61.0. The van der Waals surface area contributed by atoms with Crippen molar-refractivity contribution in [1.29, 1.82) is 0 Å². The Morgan fingerprint density at radius 2 is 0.459 bits per heavy atom. The van der Waals surface area contributed by atoms with Gasteiger partial charge in [0.1, 0.15) is 0 Å². The van der Waals surface area contributed by atoms with Crippen molar-refractivity contribution < 1.29 is 93.3 Å². The Labute approximate surface area is 507 Å². The molecule has 0 amide bonds. The molecular weight excluding hydrogens is 1430 g/mol. The topological polar surface area (TPSA) is 0 Å². The van der Waals surface area contributed by atoms with E-state index in [4.69, 9.17) is 0 Å². The molecule has 0 aromatic rings. The molecule has 0 bridgehead atoms. The minimum absolute atomic E-state index is 0. The van der Waals surface area contributed by atoms with Crippen LogP contribution in [0, 0.1) is 91.0 Å². The molecule has 0 nitrogen and oxygen atoms in total. The molecule has 1 unspecified atom stereocenters. The number of hydrogen-bond acceptors (Lipinski definition) is 0. The average Bonchev–Trinajstić information content (AvgIpc) is 3.99. The van der Waals surface area contributed by atoms with E-state index in [9.17, 15) is 0 Å². The van der Waals surface area contributed by atoms with Crippen molar-refractivity contribution in [2.45, 2.75) is 269 Å². The first kappa shape index (κ1) is 121. The largest absolute Gasteiger partial charge is 3.00 e. The van der Waals surface area contributed by atoms with Crippen LogP contribution in [-0.2, 0) is 78.6 Å². The van der Waals surface area contributed by atoms with Crippen molar-refractivity contribution in [1.82, 2.24) is 0 Å². The minimum atomic E-state index is 0. The SMILES string of the molecule is C.C1CCCC1.C1CCCC1.C1CCCC1.C1CCCC1.C1CCCC1.C1CCCC1.C[CH+]C.C[CH+]C.C[CH+]C.C[CH-]C(C)CC.I.I[I-]I.[CH3-].[CH3-].[CH3-].[CH3-].[CH3-].[CH3-].[CH3-].[CH3-].[H-].[Zr+3].[Zr+3].[Zr+3]. The minimum Gasteiger partial charge on any atom is -1.00 e. The third-order valence-corrected chi connectivity index (χ3v) is 8.71. The van der Waals surface area contributed by atoms with Gasteiger partial charge in [0.05, 0.1) is 60.8 Å². The standard InChI is InChI=1S/C6H13.6C5H10.3C3H7.CH4.8CH3.I3.HI.3Zr.H/c1-4-6(3)5-2;6*1-2-4-5-3-1;3*1-3-2;;;;;;;;;;1-3-2;;;;;/h4,6H,5H2,1-3H3;6*1-5H2;3*3H,1-2H3;1H4;8*1H3;;1H;;;;/q-1;;;;;;;3*+1;;9*-1;;3*+3;-1. The predicted molar refractivity (Wildman–Crippen MR) is 317 cm³/mol. The van der Waals surface area contributed by atoms with Crippen molar-refractivity contribution in [2.24, 2.45) is 5.92 Å². The van der Waals surface area contributed by atoms with Gasteiger partial charge in [0.2, 0.25) is 0 Å². The average molecular weight is 1550 g/mol. The van der Waals surface area contributed by atoms with Crippen LogP contribution in [0.4, 0.5) is 0 Å². The molecule has 379 valence electrons. The summed E-state index contributed by atoms with van der Waals surface area (Å²) in [5.74, 6) is 0.810. The molecule has 6 rings (SSSR count). The normalized spacial score (nSPS) is 14.3. The Hall–Kier alpha value is 5.18. The third-order valence-electron chi connectivity index (χ3n) is 8.71. The van der Waals surface area contributed by atoms with Crippen LogP contribution in [0.1, 0.15) is 270 Å². The van der Waals surface area contributed by atoms with Crippen LogP contribution in [0.25, 0.3) is 0 Å². The second kappa shape index (κ2) is 138. The molecule has 6 fully saturated rings. The van der Waals surface area contributed by atoms with Crippen LogP contribution in [0.2, 0.25) is 0 Å². The van der Waals surface area contributed by atoms with Crippen LogP contribution < -0.4 is 13.3 Å². The van der Waals surface area contributed by atoms with Gasteiger partial charge in [-0.15, -0.1) is 24.0 Å². The van der Waals surface area contributed by atoms with Crippen LogP contribution in [0.3, 0.4) is 0 Å². The fourth-order valence-corrected chi connectivity index (χ4v) is 5.54. The number of halogens is 4. The van der Waals surface area contributed by atoms with Crippen molar-refractivity contribution in [3.63, 3.8) is 0 Å². The maximum Gasteiger partial charge on any atom is 3.00 e. The molecule has 7 heteroatoms. The van der Waals surface area contributed by atoms with E-state index in [2.05, 4.69) is 64.4 Å². The van der Waals surface area contributed by atoms with Gasteiger partial charge in [0.25, 0.3) is 0 Å². The Morgan fingerprint density at radius 3 is 0.475 bits per heavy atom. The van der Waals surface area contributed by atoms with Gasteiger partial charge in [-0.3, -0.25) is 0 Å². The molecule has 0 saturated heterocycles. The van der Waals surface area contributed by atoms with Gasteiger partial charge in [-0.05, 0) is 0 Å². The van der Waals surface area contributed by atoms with E-state index in [1.807, 2.05) is 60.8 Å². The molecule has 6 aliphatic carbocycles. The van der Waals surface area contributed by atoms with E-state index < -0.39 is 0 Å². The summed E-state index contributed by atoms with van der Waals surface area (Å²) < 4.78 is 0. The van der Waals surface area contributed by atoms with Crippen molar-refractivity contribution in [3.8, 4) is 0 Å². The van der Waals surface area contributed by atoms with E-state index in [1.165, 1.54) is 199 Å². The van der Waals surface area contributed by atoms with Crippen molar-refractivity contribution in [2.75, 3.05) is 0 Å². The maximum absolute atomic E-state index is 2.39. The van der Waals surface area contributed by atoms with Gasteiger partial charge in [0, 0.05) is 0 Å². The van der Waals surface area contributed by atoms with E-state index in [0.29, 0.717) is 13.3 Å². The zero-order chi connectivity index (χ0) is 37.0. The number of hydrogen-bond donors (Lipinski definition) is 0. The van der Waals surface area contributed by atoms with Gasteiger partial charge in [-0.2, -0.15) is 12.8 Å². The first-order valence-corrected chi connectivity index (χ1v) is 33.9. The monoisotopic (exact) mass is 1550 g/mol. The summed E-state index contributed by atoms with van der Waals surface area (Å²) in [4.78, 5) is 0. The fraction of sp³-hybridized carbons (Fsp3) is 0.778. The first-order chi connectivity index (χ1) is 23.5. The Morgan fingerprint density at radius 1 is 0.393 bits per heavy atom. The summed E-state index contributed by atoms with van der Waals surface area (Å²) in [5, 5.41) is 0. The van der Waals surface area contributed by atoms with Crippen LogP contribution in [0.15, 0.2) is 0 Å². The summed E-state index contributed by atoms with van der Waals surface area (Å²) >= 11 is 5.30. The van der Waals surface area contributed by atoms with Crippen molar-refractivity contribution >= 4 is 61.2 Å². The van der Waals surface area contributed by atoms with E-state index in [0.717, 1.165) is 5.92 Å². The molecule has 61 heavy (non-hydrogen) atoms. The zero-order valence-electron chi connectivity index (χ0n) is 45.8. The van der Waals surface area contributed by atoms with Gasteiger partial charge in [0.15, 0.2) is 0 Å². The summed E-state index contributed by atoms with van der Waals surface area (Å²) in [5.41, 5.74) is 0. The predicted octanol–water partition coefficient (Wildman–Crippen LogP) is 21.4. The van der Waals surface area contributed by atoms with Crippen molar-refractivity contribution in [3.05, 3.63) is 85.1 Å². The van der Waals surface area contributed by atoms with Gasteiger partial charge in [-0.25, -0.2) is 0 Å². The first-order valence-electron chi connectivity index (χ1n) is 21.4. The molecule has 0 N–H and O–H groups in total. The summed E-state index contributed by atoms with van der Waals surface area (Å²) in [6.07, 6.45) is 54.5. The maximum atomic E-state index is 2.39. The summed E-state index contributed by atoms with van der Waals surface area (Å²) in [6, 6.07) is 0. The molecular formula is C54H124I4Zr3+. The summed E-state index contributed by atoms with van der Waals surface area (Å²) in [6.45, 7) is 18.5. The molecule has 1 atom stereocenters. The fourth-order valence-electron chi connectivity index (χ4n) is 5.54. The quantitative estimate of drug-likeness (QED) is 0.191. The smallest absolute Gasteiger partial charge is 1.00 e. The Bertz CT molecular complexity index is 299. The van der Waals surface area contributed by atoms with E-state index in [-0.39, 0.29) is 171 Å². The van der Waals surface area contributed by atoms with Crippen LogP contribution in [0.5, 0.6) is 0 Å².